The van der Waals surface area contributed by atoms with Crippen molar-refractivity contribution in [1.29, 1.82) is 0 Å². The zero-order valence-electron chi connectivity index (χ0n) is 10.4. The predicted molar refractivity (Wildman–Crippen MR) is 66.7 cm³/mol. The van der Waals surface area contributed by atoms with E-state index in [2.05, 4.69) is 5.32 Å². The third kappa shape index (κ3) is 3.30. The fourth-order valence-corrected chi connectivity index (χ4v) is 2.49. The molecule has 0 bridgehead atoms. The Balaban J connectivity index is 1.90. The van der Waals surface area contributed by atoms with Gasteiger partial charge in [0.1, 0.15) is 5.82 Å². The van der Waals surface area contributed by atoms with Crippen molar-refractivity contribution in [2.45, 2.75) is 25.8 Å². The van der Waals surface area contributed by atoms with Gasteiger partial charge in [-0.3, -0.25) is 9.59 Å². The van der Waals surface area contributed by atoms with Crippen LogP contribution in [0.1, 0.15) is 24.8 Å². The van der Waals surface area contributed by atoms with E-state index in [-0.39, 0.29) is 11.7 Å². The van der Waals surface area contributed by atoms with E-state index in [1.807, 2.05) is 0 Å². The quantitative estimate of drug-likeness (QED) is 0.874. The molecule has 2 unspecified atom stereocenters. The van der Waals surface area contributed by atoms with Crippen molar-refractivity contribution >= 4 is 11.9 Å². The highest BCUT2D eigenvalue weighted by Crippen LogP contribution is 2.32. The number of nitrogens with one attached hydrogen (secondary N) is 1. The van der Waals surface area contributed by atoms with Crippen molar-refractivity contribution in [3.63, 3.8) is 0 Å². The molecule has 19 heavy (non-hydrogen) atoms. The van der Waals surface area contributed by atoms with Crippen molar-refractivity contribution in [3.05, 3.63) is 35.6 Å². The van der Waals surface area contributed by atoms with E-state index in [9.17, 15) is 14.0 Å². The second-order valence-corrected chi connectivity index (χ2v) is 4.83. The number of carbonyl (C=O) groups is 2. The van der Waals surface area contributed by atoms with Gasteiger partial charge in [0.05, 0.1) is 11.8 Å². The molecule has 1 aliphatic rings. The third-order valence-corrected chi connectivity index (χ3v) is 3.55. The van der Waals surface area contributed by atoms with Crippen LogP contribution in [0.4, 0.5) is 4.39 Å². The molecular formula is C14H16FNO3. The first-order valence-corrected chi connectivity index (χ1v) is 6.33. The summed E-state index contributed by atoms with van der Waals surface area (Å²) in [5.74, 6) is -2.48. The van der Waals surface area contributed by atoms with Crippen molar-refractivity contribution in [2.75, 3.05) is 0 Å². The highest BCUT2D eigenvalue weighted by Gasteiger charge is 2.37. The maximum Gasteiger partial charge on any atom is 0.307 e. The lowest BCUT2D eigenvalue weighted by Crippen LogP contribution is -2.34. The summed E-state index contributed by atoms with van der Waals surface area (Å²) < 4.78 is 12.7. The molecule has 4 nitrogen and oxygen atoms in total. The van der Waals surface area contributed by atoms with Crippen LogP contribution in [0.3, 0.4) is 0 Å². The number of hydrogen-bond donors (Lipinski definition) is 2. The molecule has 1 saturated carbocycles. The fraction of sp³-hybridized carbons (Fsp3) is 0.429. The van der Waals surface area contributed by atoms with E-state index in [4.69, 9.17) is 5.11 Å². The highest BCUT2D eigenvalue weighted by molar-refractivity contribution is 5.85. The largest absolute Gasteiger partial charge is 0.481 e. The number of carbonyl (C=O) groups excluding carboxylic acids is 1. The lowest BCUT2D eigenvalue weighted by atomic mass is 9.95. The van der Waals surface area contributed by atoms with Crippen LogP contribution in [-0.4, -0.2) is 17.0 Å². The zero-order valence-corrected chi connectivity index (χ0v) is 10.4. The predicted octanol–water partition coefficient (Wildman–Crippen LogP) is 1.94. The van der Waals surface area contributed by atoms with E-state index >= 15 is 0 Å². The fourth-order valence-electron chi connectivity index (χ4n) is 2.49. The topological polar surface area (TPSA) is 66.4 Å². The number of hydrogen-bond acceptors (Lipinski definition) is 2. The smallest absolute Gasteiger partial charge is 0.307 e. The summed E-state index contributed by atoms with van der Waals surface area (Å²) in [6.45, 7) is 0.294. The van der Waals surface area contributed by atoms with E-state index < -0.39 is 17.8 Å². The minimum absolute atomic E-state index is 0.228. The first-order valence-electron chi connectivity index (χ1n) is 6.33. The SMILES string of the molecule is O=C(O)C1CCCC1C(=O)NCc1ccc(F)cc1. The van der Waals surface area contributed by atoms with Gasteiger partial charge in [-0.05, 0) is 30.5 Å². The summed E-state index contributed by atoms with van der Waals surface area (Å²) in [5, 5.41) is 11.7. The molecule has 2 rings (SSSR count). The molecule has 0 radical (unpaired) electrons. The Labute approximate surface area is 110 Å². The van der Waals surface area contributed by atoms with Gasteiger partial charge in [0.15, 0.2) is 0 Å². The molecule has 1 aliphatic carbocycles. The first kappa shape index (κ1) is 13.5. The molecule has 0 spiro atoms. The molecule has 0 saturated heterocycles. The maximum absolute atomic E-state index is 12.7. The van der Waals surface area contributed by atoms with Gasteiger partial charge in [0.2, 0.25) is 5.91 Å². The number of carboxylic acid groups (broad SMARTS) is 1. The Kier molecular flexibility index (Phi) is 4.14. The van der Waals surface area contributed by atoms with E-state index in [1.54, 1.807) is 12.1 Å². The lowest BCUT2D eigenvalue weighted by Gasteiger charge is -2.15. The molecule has 2 N–H and O–H groups in total. The molecule has 0 aliphatic heterocycles. The van der Waals surface area contributed by atoms with Crippen LogP contribution in [0.5, 0.6) is 0 Å². The van der Waals surface area contributed by atoms with Gasteiger partial charge < -0.3 is 10.4 Å². The minimum atomic E-state index is -0.903. The number of carboxylic acids is 1. The monoisotopic (exact) mass is 265 g/mol. The number of aliphatic carboxylic acids is 1. The Morgan fingerprint density at radius 3 is 2.47 bits per heavy atom. The second kappa shape index (κ2) is 5.82. The van der Waals surface area contributed by atoms with E-state index in [1.165, 1.54) is 12.1 Å². The third-order valence-electron chi connectivity index (χ3n) is 3.55. The van der Waals surface area contributed by atoms with Crippen LogP contribution in [0.25, 0.3) is 0 Å². The summed E-state index contributed by atoms with van der Waals surface area (Å²) >= 11 is 0. The average Bonchev–Trinajstić information content (AvgIpc) is 2.87. The van der Waals surface area contributed by atoms with Gasteiger partial charge in [-0.25, -0.2) is 4.39 Å². The zero-order chi connectivity index (χ0) is 13.8. The Hall–Kier alpha value is -1.91. The molecule has 1 aromatic carbocycles. The number of amides is 1. The lowest BCUT2D eigenvalue weighted by molar-refractivity contribution is -0.146. The van der Waals surface area contributed by atoms with Gasteiger partial charge in [0, 0.05) is 6.54 Å². The van der Waals surface area contributed by atoms with Gasteiger partial charge in [-0.1, -0.05) is 18.6 Å². The molecule has 1 fully saturated rings. The molecule has 2 atom stereocenters. The Morgan fingerprint density at radius 2 is 1.84 bits per heavy atom. The minimum Gasteiger partial charge on any atom is -0.481 e. The highest BCUT2D eigenvalue weighted by atomic mass is 19.1. The second-order valence-electron chi connectivity index (χ2n) is 4.83. The van der Waals surface area contributed by atoms with Crippen molar-refractivity contribution in [3.8, 4) is 0 Å². The summed E-state index contributed by atoms with van der Waals surface area (Å²) in [6.07, 6.45) is 1.95. The van der Waals surface area contributed by atoms with Crippen LogP contribution < -0.4 is 5.32 Å². The van der Waals surface area contributed by atoms with Crippen LogP contribution in [0, 0.1) is 17.7 Å². The van der Waals surface area contributed by atoms with E-state index in [0.29, 0.717) is 19.4 Å². The molecular weight excluding hydrogens is 249 g/mol. The van der Waals surface area contributed by atoms with Crippen LogP contribution in [-0.2, 0) is 16.1 Å². The van der Waals surface area contributed by atoms with Crippen molar-refractivity contribution in [2.24, 2.45) is 11.8 Å². The summed E-state index contributed by atoms with van der Waals surface area (Å²) in [4.78, 5) is 23.0. The van der Waals surface area contributed by atoms with Crippen molar-refractivity contribution < 1.29 is 19.1 Å². The molecule has 5 heteroatoms. The molecule has 1 amide bonds. The van der Waals surface area contributed by atoms with Gasteiger partial charge in [-0.2, -0.15) is 0 Å². The molecule has 0 heterocycles. The Bertz CT molecular complexity index is 472. The standard InChI is InChI=1S/C14H16FNO3/c15-10-6-4-9(5-7-10)8-16-13(17)11-2-1-3-12(11)14(18)19/h4-7,11-12H,1-3,8H2,(H,16,17)(H,18,19). The van der Waals surface area contributed by atoms with Crippen molar-refractivity contribution in [1.82, 2.24) is 5.32 Å². The van der Waals surface area contributed by atoms with Crippen LogP contribution in [0.15, 0.2) is 24.3 Å². The molecule has 1 aromatic rings. The van der Waals surface area contributed by atoms with Crippen LogP contribution >= 0.6 is 0 Å². The van der Waals surface area contributed by atoms with Gasteiger partial charge in [0.25, 0.3) is 0 Å². The number of benzene rings is 1. The van der Waals surface area contributed by atoms with E-state index in [0.717, 1.165) is 12.0 Å². The van der Waals surface area contributed by atoms with Gasteiger partial charge in [-0.15, -0.1) is 0 Å². The van der Waals surface area contributed by atoms with Gasteiger partial charge >= 0.3 is 5.97 Å². The molecule has 102 valence electrons. The average molecular weight is 265 g/mol. The maximum atomic E-state index is 12.7. The number of rotatable bonds is 4. The summed E-state index contributed by atoms with van der Waals surface area (Å²) in [5.41, 5.74) is 0.791. The summed E-state index contributed by atoms with van der Waals surface area (Å²) in [6, 6.07) is 5.85. The first-order chi connectivity index (χ1) is 9.08. The number of halogens is 1. The molecule has 0 aromatic heterocycles. The Morgan fingerprint density at radius 1 is 1.21 bits per heavy atom. The normalized spacial score (nSPS) is 22.2. The van der Waals surface area contributed by atoms with Crippen LogP contribution in [0.2, 0.25) is 0 Å². The summed E-state index contributed by atoms with van der Waals surface area (Å²) in [7, 11) is 0.